The van der Waals surface area contributed by atoms with Gasteiger partial charge in [-0.2, -0.15) is 0 Å². The first-order valence-electron chi connectivity index (χ1n) is 10.5. The molecule has 35 heavy (non-hydrogen) atoms. The van der Waals surface area contributed by atoms with Gasteiger partial charge in [0.2, 0.25) is 0 Å². The van der Waals surface area contributed by atoms with Crippen LogP contribution < -0.4 is 10.1 Å². The predicted molar refractivity (Wildman–Crippen MR) is 128 cm³/mol. The van der Waals surface area contributed by atoms with Crippen molar-refractivity contribution in [1.29, 1.82) is 0 Å². The Balaban J connectivity index is 1.37. The van der Waals surface area contributed by atoms with Gasteiger partial charge in [0, 0.05) is 23.8 Å². The lowest BCUT2D eigenvalue weighted by molar-refractivity contribution is -0.384. The fourth-order valence-corrected chi connectivity index (χ4v) is 5.27. The molecule has 0 aliphatic carbocycles. The molecule has 182 valence electrons. The van der Waals surface area contributed by atoms with E-state index in [1.54, 1.807) is 24.3 Å². The quantitative estimate of drug-likeness (QED) is 0.177. The minimum atomic E-state index is -0.804. The molecule has 2 aromatic carbocycles. The van der Waals surface area contributed by atoms with Gasteiger partial charge >= 0.3 is 5.97 Å². The van der Waals surface area contributed by atoms with E-state index in [4.69, 9.17) is 21.1 Å². The van der Waals surface area contributed by atoms with Crippen LogP contribution in [0, 0.1) is 10.1 Å². The van der Waals surface area contributed by atoms with Crippen LogP contribution in [-0.2, 0) is 25.7 Å². The number of halogens is 1. The first-order chi connectivity index (χ1) is 16.9. The summed E-state index contributed by atoms with van der Waals surface area (Å²) in [7, 11) is 0. The number of esters is 1. The fourth-order valence-electron chi connectivity index (χ4n) is 3.59. The zero-order chi connectivity index (χ0) is 24.9. The van der Waals surface area contributed by atoms with Crippen molar-refractivity contribution in [1.82, 2.24) is 10.2 Å². The number of nitrogens with zero attached hydrogens (tertiary/aromatic N) is 2. The van der Waals surface area contributed by atoms with Gasteiger partial charge in [0.15, 0.2) is 6.61 Å². The molecule has 4 rings (SSSR count). The van der Waals surface area contributed by atoms with Crippen molar-refractivity contribution in [2.75, 3.05) is 18.2 Å². The third-order valence-electron chi connectivity index (χ3n) is 5.35. The normalized spacial score (nSPS) is 18.9. The van der Waals surface area contributed by atoms with Gasteiger partial charge < -0.3 is 14.8 Å². The standard InChI is InChI=1S/C23H20ClN3O7S/c24-10-15-13-35-22-19(25-18(28)12-33-17-4-2-1-3-5-17)21(29)26(22)20(15)23(30)34-11-14-6-8-16(9-7-14)27(31)32/h1-9,19,22H,10-13H2,(H,25,28)/t19?,22-/m0/s1. The van der Waals surface area contributed by atoms with Crippen molar-refractivity contribution in [3.8, 4) is 5.75 Å². The summed E-state index contributed by atoms with van der Waals surface area (Å²) in [6.07, 6.45) is 0. The fraction of sp³-hybridized carbons (Fsp3) is 0.261. The molecule has 1 fully saturated rings. The van der Waals surface area contributed by atoms with Crippen molar-refractivity contribution >= 4 is 46.8 Å². The number of amides is 2. The number of non-ortho nitro benzene ring substituents is 1. The molecule has 10 nitrogen and oxygen atoms in total. The highest BCUT2D eigenvalue weighted by Gasteiger charge is 2.54. The van der Waals surface area contributed by atoms with Crippen molar-refractivity contribution in [3.05, 3.63) is 81.5 Å². The molecule has 1 N–H and O–H groups in total. The van der Waals surface area contributed by atoms with Gasteiger partial charge in [-0.3, -0.25) is 24.6 Å². The number of carbonyl (C=O) groups is 3. The number of hydrogen-bond donors (Lipinski definition) is 1. The van der Waals surface area contributed by atoms with Crippen LogP contribution in [0.25, 0.3) is 0 Å². The Morgan fingerprint density at radius 3 is 2.54 bits per heavy atom. The van der Waals surface area contributed by atoms with E-state index in [9.17, 15) is 24.5 Å². The number of nitro groups is 1. The molecular weight excluding hydrogens is 498 g/mol. The molecule has 1 unspecified atom stereocenters. The van der Waals surface area contributed by atoms with Gasteiger partial charge in [0.25, 0.3) is 17.5 Å². The summed E-state index contributed by atoms with van der Waals surface area (Å²) in [5.41, 5.74) is 1.10. The van der Waals surface area contributed by atoms with Crippen molar-refractivity contribution < 1.29 is 28.8 Å². The lowest BCUT2D eigenvalue weighted by atomic mass is 10.0. The monoisotopic (exact) mass is 517 g/mol. The highest BCUT2D eigenvalue weighted by molar-refractivity contribution is 8.00. The van der Waals surface area contributed by atoms with Crippen molar-refractivity contribution in [3.63, 3.8) is 0 Å². The van der Waals surface area contributed by atoms with Gasteiger partial charge in [0.1, 0.15) is 29.5 Å². The van der Waals surface area contributed by atoms with E-state index in [2.05, 4.69) is 5.32 Å². The van der Waals surface area contributed by atoms with Gasteiger partial charge in [-0.15, -0.1) is 23.4 Å². The predicted octanol–water partition coefficient (Wildman–Crippen LogP) is 2.61. The molecule has 1 saturated heterocycles. The average Bonchev–Trinajstić information content (AvgIpc) is 2.88. The minimum absolute atomic E-state index is 0.0351. The first-order valence-corrected chi connectivity index (χ1v) is 12.1. The molecule has 0 spiro atoms. The number of β-lactam (4-membered cyclic amide) rings is 1. The zero-order valence-electron chi connectivity index (χ0n) is 18.2. The molecule has 2 aliphatic heterocycles. The lowest BCUT2D eigenvalue weighted by Crippen LogP contribution is -2.71. The van der Waals surface area contributed by atoms with Gasteiger partial charge in [-0.05, 0) is 35.4 Å². The second-order valence-electron chi connectivity index (χ2n) is 7.64. The molecule has 0 aromatic heterocycles. The zero-order valence-corrected chi connectivity index (χ0v) is 19.8. The van der Waals surface area contributed by atoms with Crippen LogP contribution in [0.2, 0.25) is 0 Å². The van der Waals surface area contributed by atoms with E-state index in [0.29, 0.717) is 22.6 Å². The third kappa shape index (κ3) is 5.41. The lowest BCUT2D eigenvalue weighted by Gasteiger charge is -2.49. The molecule has 2 atom stereocenters. The maximum Gasteiger partial charge on any atom is 0.355 e. The third-order valence-corrected chi connectivity index (χ3v) is 7.01. The summed E-state index contributed by atoms with van der Waals surface area (Å²) in [5, 5.41) is 13.0. The minimum Gasteiger partial charge on any atom is -0.484 e. The number of nitrogens with one attached hydrogen (secondary N) is 1. The number of para-hydroxylation sites is 1. The molecule has 12 heteroatoms. The summed E-state index contributed by atoms with van der Waals surface area (Å²) < 4.78 is 10.8. The summed E-state index contributed by atoms with van der Waals surface area (Å²) in [6.45, 7) is -0.384. The Morgan fingerprint density at radius 1 is 1.17 bits per heavy atom. The Morgan fingerprint density at radius 2 is 1.89 bits per heavy atom. The van der Waals surface area contributed by atoms with Crippen LogP contribution in [0.15, 0.2) is 65.9 Å². The molecule has 2 aromatic rings. The van der Waals surface area contributed by atoms with Gasteiger partial charge in [-0.1, -0.05) is 18.2 Å². The van der Waals surface area contributed by atoms with Crippen LogP contribution in [-0.4, -0.2) is 57.3 Å². The van der Waals surface area contributed by atoms with Gasteiger partial charge in [-0.25, -0.2) is 4.79 Å². The van der Waals surface area contributed by atoms with Crippen molar-refractivity contribution in [2.24, 2.45) is 0 Å². The maximum absolute atomic E-state index is 12.9. The second kappa shape index (κ2) is 10.8. The summed E-state index contributed by atoms with van der Waals surface area (Å²) in [6, 6.07) is 13.6. The smallest absolute Gasteiger partial charge is 0.355 e. The van der Waals surface area contributed by atoms with Crippen LogP contribution in [0.3, 0.4) is 0 Å². The summed E-state index contributed by atoms with van der Waals surface area (Å²) in [5.74, 6) is -0.666. The number of alkyl halides is 1. The van der Waals surface area contributed by atoms with Crippen LogP contribution in [0.1, 0.15) is 5.56 Å². The number of nitro benzene ring substituents is 1. The van der Waals surface area contributed by atoms with E-state index in [0.717, 1.165) is 0 Å². The van der Waals surface area contributed by atoms with E-state index < -0.39 is 34.1 Å². The largest absolute Gasteiger partial charge is 0.484 e. The number of benzene rings is 2. The number of rotatable bonds is 9. The Labute approximate surface area is 209 Å². The Hall–Kier alpha value is -3.57. The SMILES string of the molecule is O=C(COc1ccccc1)NC1C(=O)N2C(C(=O)OCc3ccc([N+](=O)[O-])cc3)=C(CCl)CS[C@@H]12. The molecule has 2 heterocycles. The Bertz CT molecular complexity index is 1170. The highest BCUT2D eigenvalue weighted by Crippen LogP contribution is 2.41. The van der Waals surface area contributed by atoms with Crippen LogP contribution in [0.4, 0.5) is 5.69 Å². The molecule has 2 aliphatic rings. The molecule has 0 bridgehead atoms. The van der Waals surface area contributed by atoms with E-state index >= 15 is 0 Å². The van der Waals surface area contributed by atoms with E-state index in [-0.39, 0.29) is 30.5 Å². The van der Waals surface area contributed by atoms with Gasteiger partial charge in [0.05, 0.1) is 4.92 Å². The highest BCUT2D eigenvalue weighted by atomic mass is 35.5. The second-order valence-corrected chi connectivity index (χ2v) is 9.01. The Kier molecular flexibility index (Phi) is 7.57. The van der Waals surface area contributed by atoms with E-state index in [1.165, 1.54) is 40.9 Å². The average molecular weight is 518 g/mol. The topological polar surface area (TPSA) is 128 Å². The molecular formula is C23H20ClN3O7S. The van der Waals surface area contributed by atoms with Crippen LogP contribution >= 0.6 is 23.4 Å². The number of thioether (sulfide) groups is 1. The van der Waals surface area contributed by atoms with Crippen molar-refractivity contribution in [2.45, 2.75) is 18.0 Å². The number of carbonyl (C=O) groups excluding carboxylic acids is 3. The summed E-state index contributed by atoms with van der Waals surface area (Å²) >= 11 is 7.41. The molecule has 2 amide bonds. The molecule has 0 saturated carbocycles. The first kappa shape index (κ1) is 24.6. The number of fused-ring (bicyclic) bond motifs is 1. The summed E-state index contributed by atoms with van der Waals surface area (Å²) in [4.78, 5) is 49.6. The van der Waals surface area contributed by atoms with E-state index in [1.807, 2.05) is 6.07 Å². The maximum atomic E-state index is 12.9. The number of hydrogen-bond acceptors (Lipinski definition) is 8. The van der Waals surface area contributed by atoms with Crippen LogP contribution in [0.5, 0.6) is 5.75 Å². The molecule has 0 radical (unpaired) electrons. The number of ether oxygens (including phenoxy) is 2.